The normalized spacial score (nSPS) is 10.9. The molecule has 134 valence electrons. The van der Waals surface area contributed by atoms with Crippen molar-refractivity contribution in [2.75, 3.05) is 5.43 Å². The van der Waals surface area contributed by atoms with Crippen LogP contribution in [0.15, 0.2) is 65.8 Å². The molecule has 0 saturated heterocycles. The fourth-order valence-electron chi connectivity index (χ4n) is 2.56. The molecule has 0 saturated carbocycles. The van der Waals surface area contributed by atoms with Gasteiger partial charge in [-0.15, -0.1) is 0 Å². The number of amides is 1. The molecule has 4 aromatic rings. The Morgan fingerprint density at radius 2 is 1.93 bits per heavy atom. The van der Waals surface area contributed by atoms with Gasteiger partial charge < -0.3 is 0 Å². The van der Waals surface area contributed by atoms with E-state index >= 15 is 0 Å². The smallest absolute Gasteiger partial charge is 0.267 e. The lowest BCUT2D eigenvalue weighted by atomic mass is 10.2. The number of carbonyl (C=O) groups excluding carboxylic acids is 1. The van der Waals surface area contributed by atoms with Crippen molar-refractivity contribution in [2.24, 2.45) is 0 Å². The standard InChI is InChI=1S/C18H11ClFN5O2/c19-12-2-1-3-14(8-12)25-16-15(9-22-25)18(27)24(10-21-16)23-17(26)11-4-6-13(20)7-5-11/h1-10H,(H,23,26). The average Bonchev–Trinajstić information content (AvgIpc) is 3.09. The van der Waals surface area contributed by atoms with Crippen LogP contribution in [0, 0.1) is 5.82 Å². The quantitative estimate of drug-likeness (QED) is 0.589. The van der Waals surface area contributed by atoms with E-state index in [0.717, 1.165) is 16.8 Å². The van der Waals surface area contributed by atoms with Gasteiger partial charge in [-0.2, -0.15) is 5.10 Å². The van der Waals surface area contributed by atoms with Crippen LogP contribution in [0.2, 0.25) is 5.02 Å². The minimum absolute atomic E-state index is 0.206. The van der Waals surface area contributed by atoms with Crippen LogP contribution in [0.5, 0.6) is 0 Å². The van der Waals surface area contributed by atoms with E-state index in [4.69, 9.17) is 11.6 Å². The zero-order valence-electron chi connectivity index (χ0n) is 13.6. The maximum Gasteiger partial charge on any atom is 0.283 e. The largest absolute Gasteiger partial charge is 0.283 e. The molecule has 9 heteroatoms. The molecule has 0 unspecified atom stereocenters. The SMILES string of the molecule is O=C(Nn1cnc2c(cnn2-c2cccc(Cl)c2)c1=O)c1ccc(F)cc1. The van der Waals surface area contributed by atoms with Crippen LogP contribution >= 0.6 is 11.6 Å². The summed E-state index contributed by atoms with van der Waals surface area (Å²) < 4.78 is 15.4. The molecule has 2 aromatic carbocycles. The zero-order valence-corrected chi connectivity index (χ0v) is 14.4. The van der Waals surface area contributed by atoms with E-state index in [-0.39, 0.29) is 10.9 Å². The third-order valence-electron chi connectivity index (χ3n) is 3.87. The molecule has 0 aliphatic heterocycles. The number of benzene rings is 2. The highest BCUT2D eigenvalue weighted by Gasteiger charge is 2.13. The fraction of sp³-hybridized carbons (Fsp3) is 0. The van der Waals surface area contributed by atoms with Gasteiger partial charge in [-0.3, -0.25) is 15.0 Å². The molecule has 7 nitrogen and oxygen atoms in total. The van der Waals surface area contributed by atoms with Crippen molar-refractivity contribution in [1.82, 2.24) is 19.4 Å². The third kappa shape index (κ3) is 3.18. The van der Waals surface area contributed by atoms with Gasteiger partial charge in [-0.25, -0.2) is 18.7 Å². The summed E-state index contributed by atoms with van der Waals surface area (Å²) in [6.07, 6.45) is 2.56. The fourth-order valence-corrected chi connectivity index (χ4v) is 2.75. The Morgan fingerprint density at radius 1 is 1.15 bits per heavy atom. The van der Waals surface area contributed by atoms with Crippen molar-refractivity contribution < 1.29 is 9.18 Å². The topological polar surface area (TPSA) is 81.8 Å². The molecule has 4 rings (SSSR count). The van der Waals surface area contributed by atoms with Crippen LogP contribution in [-0.2, 0) is 0 Å². The van der Waals surface area contributed by atoms with Gasteiger partial charge in [0.1, 0.15) is 17.5 Å². The average molecular weight is 384 g/mol. The van der Waals surface area contributed by atoms with E-state index in [0.29, 0.717) is 16.4 Å². The van der Waals surface area contributed by atoms with E-state index < -0.39 is 17.3 Å². The lowest BCUT2D eigenvalue weighted by molar-refractivity contribution is 0.101. The molecular formula is C18H11ClFN5O2. The monoisotopic (exact) mass is 383 g/mol. The summed E-state index contributed by atoms with van der Waals surface area (Å²) in [7, 11) is 0. The van der Waals surface area contributed by atoms with Crippen LogP contribution in [-0.4, -0.2) is 25.3 Å². The molecule has 2 heterocycles. The maximum absolute atomic E-state index is 13.0. The first-order valence-corrected chi connectivity index (χ1v) is 8.19. The van der Waals surface area contributed by atoms with Crippen molar-refractivity contribution in [3.63, 3.8) is 0 Å². The van der Waals surface area contributed by atoms with Gasteiger partial charge in [-0.05, 0) is 42.5 Å². The second kappa shape index (κ2) is 6.65. The Kier molecular flexibility index (Phi) is 4.17. The van der Waals surface area contributed by atoms with Crippen LogP contribution in [0.4, 0.5) is 4.39 Å². The van der Waals surface area contributed by atoms with Gasteiger partial charge in [-0.1, -0.05) is 17.7 Å². The number of nitrogens with one attached hydrogen (secondary N) is 1. The van der Waals surface area contributed by atoms with Gasteiger partial charge in [0.2, 0.25) is 0 Å². The van der Waals surface area contributed by atoms with Crippen molar-refractivity contribution in [3.8, 4) is 5.69 Å². The highest BCUT2D eigenvalue weighted by Crippen LogP contribution is 2.17. The van der Waals surface area contributed by atoms with Crippen LogP contribution in [0.1, 0.15) is 10.4 Å². The van der Waals surface area contributed by atoms with Crippen LogP contribution in [0.25, 0.3) is 16.7 Å². The van der Waals surface area contributed by atoms with E-state index in [1.165, 1.54) is 29.3 Å². The van der Waals surface area contributed by atoms with Crippen molar-refractivity contribution in [3.05, 3.63) is 87.8 Å². The summed E-state index contributed by atoms with van der Waals surface area (Å²) in [4.78, 5) is 29.1. The summed E-state index contributed by atoms with van der Waals surface area (Å²) in [5.74, 6) is -1.03. The predicted molar refractivity (Wildman–Crippen MR) is 98.2 cm³/mol. The number of hydrogen-bond donors (Lipinski definition) is 1. The van der Waals surface area contributed by atoms with Gasteiger partial charge in [0.15, 0.2) is 5.65 Å². The lowest BCUT2D eigenvalue weighted by Gasteiger charge is -2.08. The van der Waals surface area contributed by atoms with Crippen molar-refractivity contribution >= 4 is 28.5 Å². The first-order valence-electron chi connectivity index (χ1n) is 7.81. The van der Waals surface area contributed by atoms with Gasteiger partial charge in [0, 0.05) is 10.6 Å². The molecule has 27 heavy (non-hydrogen) atoms. The third-order valence-corrected chi connectivity index (χ3v) is 4.10. The second-order valence-corrected chi connectivity index (χ2v) is 6.08. The van der Waals surface area contributed by atoms with E-state index in [1.807, 2.05) is 0 Å². The number of rotatable bonds is 3. The minimum Gasteiger partial charge on any atom is -0.267 e. The second-order valence-electron chi connectivity index (χ2n) is 5.64. The Balaban J connectivity index is 1.70. The van der Waals surface area contributed by atoms with E-state index in [9.17, 15) is 14.0 Å². The zero-order chi connectivity index (χ0) is 19.0. The number of aromatic nitrogens is 4. The Labute approximate surface area is 156 Å². The molecule has 0 fully saturated rings. The summed E-state index contributed by atoms with van der Waals surface area (Å²) in [5.41, 5.74) is 3.11. The summed E-state index contributed by atoms with van der Waals surface area (Å²) in [6.45, 7) is 0. The molecule has 2 aromatic heterocycles. The van der Waals surface area contributed by atoms with Crippen LogP contribution < -0.4 is 11.0 Å². The molecule has 1 N–H and O–H groups in total. The first-order chi connectivity index (χ1) is 13.0. The Bertz CT molecular complexity index is 1220. The molecule has 0 aliphatic rings. The molecule has 0 radical (unpaired) electrons. The predicted octanol–water partition coefficient (Wildman–Crippen LogP) is 2.76. The highest BCUT2D eigenvalue weighted by molar-refractivity contribution is 6.30. The number of fused-ring (bicyclic) bond motifs is 1. The summed E-state index contributed by atoms with van der Waals surface area (Å²) in [6, 6.07) is 11.9. The highest BCUT2D eigenvalue weighted by atomic mass is 35.5. The molecule has 0 aliphatic carbocycles. The molecule has 1 amide bonds. The Hall–Kier alpha value is -3.52. The number of nitrogens with zero attached hydrogens (tertiary/aromatic N) is 4. The van der Waals surface area contributed by atoms with Crippen molar-refractivity contribution in [1.29, 1.82) is 0 Å². The van der Waals surface area contributed by atoms with Crippen LogP contribution in [0.3, 0.4) is 0 Å². The first kappa shape index (κ1) is 16.9. The van der Waals surface area contributed by atoms with Gasteiger partial charge in [0.25, 0.3) is 11.5 Å². The Morgan fingerprint density at radius 3 is 2.67 bits per heavy atom. The molecule has 0 spiro atoms. The van der Waals surface area contributed by atoms with E-state index in [1.54, 1.807) is 24.3 Å². The van der Waals surface area contributed by atoms with Gasteiger partial charge >= 0.3 is 0 Å². The number of halogens is 2. The number of carbonyl (C=O) groups is 1. The molecule has 0 atom stereocenters. The summed E-state index contributed by atoms with van der Waals surface area (Å²) in [5, 5.41) is 4.93. The molecule has 0 bridgehead atoms. The summed E-state index contributed by atoms with van der Waals surface area (Å²) >= 11 is 6.00. The van der Waals surface area contributed by atoms with Gasteiger partial charge in [0.05, 0.1) is 11.9 Å². The minimum atomic E-state index is -0.569. The lowest BCUT2D eigenvalue weighted by Crippen LogP contribution is -2.33. The molecular weight excluding hydrogens is 373 g/mol. The maximum atomic E-state index is 13.0. The van der Waals surface area contributed by atoms with E-state index in [2.05, 4.69) is 15.5 Å². The van der Waals surface area contributed by atoms with Crippen molar-refractivity contribution in [2.45, 2.75) is 0 Å². The number of hydrogen-bond acceptors (Lipinski definition) is 4.